The molecule has 6 nitrogen and oxygen atoms in total. The molecule has 1 aromatic heterocycles. The maximum Gasteiger partial charge on any atom is 0.354 e. The molecule has 0 radical (unpaired) electrons. The number of nitrogens with one attached hydrogen (secondary N) is 2. The first-order valence-electron chi connectivity index (χ1n) is 5.18. The third kappa shape index (κ3) is 3.84. The minimum absolute atomic E-state index is 0.00287. The molecule has 92 valence electrons. The van der Waals surface area contributed by atoms with Crippen LogP contribution < -0.4 is 10.6 Å². The summed E-state index contributed by atoms with van der Waals surface area (Å²) in [6.07, 6.45) is 0. The molecular formula is C11H15N3O3. The molecule has 0 saturated heterocycles. The van der Waals surface area contributed by atoms with Crippen molar-refractivity contribution in [1.82, 2.24) is 15.6 Å². The highest BCUT2D eigenvalue weighted by atomic mass is 16.4. The zero-order valence-corrected chi connectivity index (χ0v) is 9.73. The molecule has 0 spiro atoms. The summed E-state index contributed by atoms with van der Waals surface area (Å²) in [5.74, 6) is -1.19. The fraction of sp³-hybridized carbons (Fsp3) is 0.364. The van der Waals surface area contributed by atoms with E-state index in [2.05, 4.69) is 15.6 Å². The largest absolute Gasteiger partial charge is 0.477 e. The molecule has 1 atom stereocenters. The standard InChI is InChI=1S/C11H15N3O3/c1-7(10(15)12-2)13-6-8-4-3-5-9(14-8)11(16)17/h3-5,7,13H,6H2,1-2H3,(H,12,15)(H,16,17). The van der Waals surface area contributed by atoms with E-state index in [1.807, 2.05) is 0 Å². The minimum Gasteiger partial charge on any atom is -0.477 e. The van der Waals surface area contributed by atoms with Crippen molar-refractivity contribution in [2.45, 2.75) is 19.5 Å². The summed E-state index contributed by atoms with van der Waals surface area (Å²) in [6.45, 7) is 2.07. The van der Waals surface area contributed by atoms with Gasteiger partial charge in [0.15, 0.2) is 0 Å². The lowest BCUT2D eigenvalue weighted by Gasteiger charge is -2.11. The van der Waals surface area contributed by atoms with Gasteiger partial charge in [0.05, 0.1) is 11.7 Å². The number of carbonyl (C=O) groups excluding carboxylic acids is 1. The average molecular weight is 237 g/mol. The van der Waals surface area contributed by atoms with E-state index < -0.39 is 5.97 Å². The summed E-state index contributed by atoms with van der Waals surface area (Å²) < 4.78 is 0. The first-order valence-corrected chi connectivity index (χ1v) is 5.18. The van der Waals surface area contributed by atoms with Gasteiger partial charge in [-0.05, 0) is 19.1 Å². The monoisotopic (exact) mass is 237 g/mol. The highest BCUT2D eigenvalue weighted by Crippen LogP contribution is 2.00. The Balaban J connectivity index is 2.60. The van der Waals surface area contributed by atoms with E-state index in [1.54, 1.807) is 26.1 Å². The molecule has 1 rings (SSSR count). The second kappa shape index (κ2) is 5.95. The normalized spacial score (nSPS) is 11.9. The Morgan fingerprint density at radius 1 is 1.47 bits per heavy atom. The zero-order valence-electron chi connectivity index (χ0n) is 9.73. The summed E-state index contributed by atoms with van der Waals surface area (Å²) in [4.78, 5) is 25.9. The van der Waals surface area contributed by atoms with Crippen LogP contribution in [0.5, 0.6) is 0 Å². The second-order valence-corrected chi connectivity index (χ2v) is 3.54. The summed E-state index contributed by atoms with van der Waals surface area (Å²) in [7, 11) is 1.56. The van der Waals surface area contributed by atoms with Gasteiger partial charge in [-0.25, -0.2) is 9.78 Å². The van der Waals surface area contributed by atoms with E-state index in [-0.39, 0.29) is 17.6 Å². The van der Waals surface area contributed by atoms with Crippen molar-refractivity contribution >= 4 is 11.9 Å². The summed E-state index contributed by atoms with van der Waals surface area (Å²) >= 11 is 0. The maximum absolute atomic E-state index is 11.2. The van der Waals surface area contributed by atoms with Crippen LogP contribution in [0.1, 0.15) is 23.1 Å². The fourth-order valence-electron chi connectivity index (χ4n) is 1.26. The Bertz CT molecular complexity index is 420. The molecule has 1 amide bonds. The lowest BCUT2D eigenvalue weighted by molar-refractivity contribution is -0.122. The molecule has 0 bridgehead atoms. The molecule has 1 unspecified atom stereocenters. The van der Waals surface area contributed by atoms with Crippen LogP contribution in [0, 0.1) is 0 Å². The number of nitrogens with zero attached hydrogens (tertiary/aromatic N) is 1. The number of aromatic nitrogens is 1. The smallest absolute Gasteiger partial charge is 0.354 e. The maximum atomic E-state index is 11.2. The molecule has 6 heteroatoms. The average Bonchev–Trinajstić information content (AvgIpc) is 2.35. The Labute approximate surface area is 99.1 Å². The van der Waals surface area contributed by atoms with Crippen molar-refractivity contribution in [2.75, 3.05) is 7.05 Å². The Hall–Kier alpha value is -1.95. The van der Waals surface area contributed by atoms with Crippen molar-refractivity contribution in [2.24, 2.45) is 0 Å². The number of carboxylic acids is 1. The third-order valence-corrected chi connectivity index (χ3v) is 2.25. The number of pyridine rings is 1. The van der Waals surface area contributed by atoms with Crippen LogP contribution >= 0.6 is 0 Å². The van der Waals surface area contributed by atoms with Crippen LogP contribution in [0.4, 0.5) is 0 Å². The summed E-state index contributed by atoms with van der Waals surface area (Å²) in [6, 6.07) is 4.40. The van der Waals surface area contributed by atoms with Gasteiger partial charge >= 0.3 is 5.97 Å². The van der Waals surface area contributed by atoms with Gasteiger partial charge in [-0.3, -0.25) is 4.79 Å². The predicted molar refractivity (Wildman–Crippen MR) is 61.6 cm³/mol. The van der Waals surface area contributed by atoms with Crippen LogP contribution in [0.15, 0.2) is 18.2 Å². The van der Waals surface area contributed by atoms with Crippen molar-refractivity contribution < 1.29 is 14.7 Å². The topological polar surface area (TPSA) is 91.3 Å². The predicted octanol–water partition coefficient (Wildman–Crippen LogP) is 0.00390. The van der Waals surface area contributed by atoms with Gasteiger partial charge in [0.25, 0.3) is 0 Å². The van der Waals surface area contributed by atoms with Gasteiger partial charge in [-0.1, -0.05) is 6.07 Å². The Kier molecular flexibility index (Phi) is 4.59. The third-order valence-electron chi connectivity index (χ3n) is 2.25. The van der Waals surface area contributed by atoms with E-state index in [1.165, 1.54) is 6.07 Å². The minimum atomic E-state index is -1.06. The summed E-state index contributed by atoms with van der Waals surface area (Å²) in [5, 5.41) is 14.2. The van der Waals surface area contributed by atoms with Gasteiger partial charge in [0.1, 0.15) is 5.69 Å². The van der Waals surface area contributed by atoms with Crippen molar-refractivity contribution in [3.8, 4) is 0 Å². The van der Waals surface area contributed by atoms with Crippen LogP contribution in [-0.2, 0) is 11.3 Å². The number of amides is 1. The van der Waals surface area contributed by atoms with Gasteiger partial charge < -0.3 is 15.7 Å². The van der Waals surface area contributed by atoms with Gasteiger partial charge in [-0.2, -0.15) is 0 Å². The van der Waals surface area contributed by atoms with Crippen molar-refractivity contribution in [3.63, 3.8) is 0 Å². The lowest BCUT2D eigenvalue weighted by Crippen LogP contribution is -2.40. The van der Waals surface area contributed by atoms with Crippen molar-refractivity contribution in [1.29, 1.82) is 0 Å². The molecule has 0 aliphatic rings. The van der Waals surface area contributed by atoms with Crippen LogP contribution in [-0.4, -0.2) is 35.1 Å². The number of rotatable bonds is 5. The highest BCUT2D eigenvalue weighted by molar-refractivity contribution is 5.85. The van der Waals surface area contributed by atoms with Gasteiger partial charge in [-0.15, -0.1) is 0 Å². The molecule has 0 aliphatic heterocycles. The number of aromatic carboxylic acids is 1. The lowest BCUT2D eigenvalue weighted by atomic mass is 10.2. The zero-order chi connectivity index (χ0) is 12.8. The SMILES string of the molecule is CNC(=O)C(C)NCc1cccc(C(=O)O)n1. The molecule has 0 aromatic carbocycles. The number of carboxylic acid groups (broad SMARTS) is 1. The quantitative estimate of drug-likeness (QED) is 0.670. The second-order valence-electron chi connectivity index (χ2n) is 3.54. The van der Waals surface area contributed by atoms with Crippen LogP contribution in [0.25, 0.3) is 0 Å². The molecule has 0 aliphatic carbocycles. The number of likely N-dealkylation sites (N-methyl/N-ethyl adjacent to an activating group) is 1. The van der Waals surface area contributed by atoms with Crippen LogP contribution in [0.3, 0.4) is 0 Å². The first-order chi connectivity index (χ1) is 8.04. The van der Waals surface area contributed by atoms with Gasteiger partial charge in [0.2, 0.25) is 5.91 Å². The van der Waals surface area contributed by atoms with Crippen molar-refractivity contribution in [3.05, 3.63) is 29.6 Å². The molecular weight excluding hydrogens is 222 g/mol. The molecule has 1 aromatic rings. The number of hydrogen-bond donors (Lipinski definition) is 3. The van der Waals surface area contributed by atoms with E-state index in [0.29, 0.717) is 12.2 Å². The van der Waals surface area contributed by atoms with Crippen LogP contribution in [0.2, 0.25) is 0 Å². The molecule has 1 heterocycles. The Morgan fingerprint density at radius 2 is 2.18 bits per heavy atom. The van der Waals surface area contributed by atoms with E-state index in [9.17, 15) is 9.59 Å². The molecule has 0 fully saturated rings. The molecule has 3 N–H and O–H groups in total. The van der Waals surface area contributed by atoms with Gasteiger partial charge in [0, 0.05) is 13.6 Å². The van der Waals surface area contributed by atoms with E-state index >= 15 is 0 Å². The van der Waals surface area contributed by atoms with E-state index in [0.717, 1.165) is 0 Å². The molecule has 17 heavy (non-hydrogen) atoms. The molecule has 0 saturated carbocycles. The fourth-order valence-corrected chi connectivity index (χ4v) is 1.26. The highest BCUT2D eigenvalue weighted by Gasteiger charge is 2.10. The summed E-state index contributed by atoms with van der Waals surface area (Å²) in [5.41, 5.74) is 0.581. The Morgan fingerprint density at radius 3 is 2.76 bits per heavy atom. The first kappa shape index (κ1) is 13.1. The number of carbonyl (C=O) groups is 2. The van der Waals surface area contributed by atoms with E-state index in [4.69, 9.17) is 5.11 Å². The number of hydrogen-bond acceptors (Lipinski definition) is 4.